The molecular weight excluding hydrogens is 367 g/mol. The van der Waals surface area contributed by atoms with E-state index in [1.54, 1.807) is 24.3 Å². The van der Waals surface area contributed by atoms with Crippen LogP contribution in [0.5, 0.6) is 11.5 Å². The number of hydrogen-bond donors (Lipinski definition) is 0. The van der Waals surface area contributed by atoms with Crippen molar-refractivity contribution in [2.24, 2.45) is 0 Å². The van der Waals surface area contributed by atoms with Gasteiger partial charge in [0.1, 0.15) is 24.7 Å². The van der Waals surface area contributed by atoms with E-state index in [0.717, 1.165) is 5.30 Å². The molecule has 28 heavy (non-hydrogen) atoms. The first-order chi connectivity index (χ1) is 13.7. The molecule has 3 nitrogen and oxygen atoms in total. The first-order valence-corrected chi connectivity index (χ1v) is 10.4. The van der Waals surface area contributed by atoms with E-state index in [0.29, 0.717) is 22.1 Å². The number of ether oxygens (including phenoxy) is 2. The van der Waals surface area contributed by atoms with Crippen molar-refractivity contribution in [3.63, 3.8) is 0 Å². The summed E-state index contributed by atoms with van der Waals surface area (Å²) in [6.07, 6.45) is 10.5. The van der Waals surface area contributed by atoms with Gasteiger partial charge in [0.2, 0.25) is 0 Å². The lowest BCUT2D eigenvalue weighted by atomic mass is 10.3. The van der Waals surface area contributed by atoms with Gasteiger partial charge in [-0.15, -0.1) is 12.8 Å². The van der Waals surface area contributed by atoms with E-state index in [-0.39, 0.29) is 13.2 Å². The molecule has 0 saturated heterocycles. The third-order valence-electron chi connectivity index (χ3n) is 4.16. The van der Waals surface area contributed by atoms with Crippen molar-refractivity contribution >= 4 is 23.1 Å². The number of terminal acetylenes is 2. The molecule has 0 saturated carbocycles. The van der Waals surface area contributed by atoms with Crippen molar-refractivity contribution in [3.8, 4) is 36.2 Å². The molecule has 3 aromatic carbocycles. The van der Waals surface area contributed by atoms with Gasteiger partial charge in [0, 0.05) is 15.9 Å². The summed E-state index contributed by atoms with van der Waals surface area (Å²) in [5.74, 6) is 6.14. The molecule has 0 N–H and O–H groups in total. The van der Waals surface area contributed by atoms with Gasteiger partial charge in [-0.25, -0.2) is 0 Å². The summed E-state index contributed by atoms with van der Waals surface area (Å²) in [7, 11) is -3.06. The molecule has 0 spiro atoms. The smallest absolute Gasteiger partial charge is 0.171 e. The zero-order valence-corrected chi connectivity index (χ0v) is 16.1. The van der Waals surface area contributed by atoms with Gasteiger partial charge in [-0.05, 0) is 48.5 Å². The topological polar surface area (TPSA) is 35.5 Å². The molecule has 0 unspecified atom stereocenters. The molecule has 0 heterocycles. The van der Waals surface area contributed by atoms with E-state index in [1.165, 1.54) is 0 Å². The van der Waals surface area contributed by atoms with Crippen molar-refractivity contribution in [1.82, 2.24) is 0 Å². The maximum absolute atomic E-state index is 14.3. The van der Waals surface area contributed by atoms with Crippen LogP contribution in [-0.4, -0.2) is 13.2 Å². The maximum Gasteiger partial charge on any atom is 0.171 e. The van der Waals surface area contributed by atoms with E-state index < -0.39 is 7.14 Å². The fraction of sp³-hybridized carbons (Fsp3) is 0.0833. The average Bonchev–Trinajstić information content (AvgIpc) is 2.77. The van der Waals surface area contributed by atoms with Crippen LogP contribution in [0.1, 0.15) is 0 Å². The van der Waals surface area contributed by atoms with Crippen LogP contribution in [0.4, 0.5) is 0 Å². The quantitative estimate of drug-likeness (QED) is 0.462. The Hall–Kier alpha value is -3.39. The Balaban J connectivity index is 2.03. The molecule has 3 rings (SSSR count). The summed E-state index contributed by atoms with van der Waals surface area (Å²) in [6.45, 7) is 0.379. The summed E-state index contributed by atoms with van der Waals surface area (Å²) in [5, 5.41) is 2.18. The number of benzene rings is 3. The van der Waals surface area contributed by atoms with E-state index in [1.807, 2.05) is 54.6 Å². The Morgan fingerprint density at radius 2 is 1.04 bits per heavy atom. The van der Waals surface area contributed by atoms with Crippen LogP contribution < -0.4 is 25.4 Å². The molecule has 0 radical (unpaired) electrons. The highest BCUT2D eigenvalue weighted by molar-refractivity contribution is 7.85. The lowest BCUT2D eigenvalue weighted by Gasteiger charge is -2.20. The van der Waals surface area contributed by atoms with Gasteiger partial charge in [0.05, 0.1) is 0 Å². The van der Waals surface area contributed by atoms with Crippen molar-refractivity contribution in [3.05, 3.63) is 78.9 Å². The second-order valence-electron chi connectivity index (χ2n) is 5.92. The highest BCUT2D eigenvalue weighted by Crippen LogP contribution is 2.42. The molecule has 0 fully saturated rings. The van der Waals surface area contributed by atoms with Gasteiger partial charge in [-0.1, -0.05) is 42.2 Å². The molecule has 0 amide bonds. The van der Waals surface area contributed by atoms with Gasteiger partial charge >= 0.3 is 0 Å². The molecule has 0 aliphatic carbocycles. The zero-order chi connectivity index (χ0) is 19.8. The minimum Gasteiger partial charge on any atom is -0.481 e. The van der Waals surface area contributed by atoms with Crippen LogP contribution in [0.25, 0.3) is 0 Å². The molecule has 138 valence electrons. The number of hydrogen-bond acceptors (Lipinski definition) is 3. The van der Waals surface area contributed by atoms with Crippen molar-refractivity contribution in [2.45, 2.75) is 0 Å². The lowest BCUT2D eigenvalue weighted by Crippen LogP contribution is -2.25. The monoisotopic (exact) mass is 386 g/mol. The molecular formula is C24H19O3P. The van der Waals surface area contributed by atoms with Gasteiger partial charge in [-0.3, -0.25) is 0 Å². The van der Waals surface area contributed by atoms with Crippen LogP contribution >= 0.6 is 7.14 Å². The zero-order valence-electron chi connectivity index (χ0n) is 15.2. The fourth-order valence-electron chi connectivity index (χ4n) is 2.84. The Labute approximate surface area is 165 Å². The van der Waals surface area contributed by atoms with Gasteiger partial charge < -0.3 is 14.0 Å². The average molecular weight is 386 g/mol. The van der Waals surface area contributed by atoms with Crippen LogP contribution in [0.15, 0.2) is 78.9 Å². The highest BCUT2D eigenvalue weighted by atomic mass is 31.2. The normalized spacial score (nSPS) is 10.5. The molecule has 4 heteroatoms. The third kappa shape index (κ3) is 4.12. The van der Waals surface area contributed by atoms with Crippen molar-refractivity contribution in [2.75, 3.05) is 13.2 Å². The summed E-state index contributed by atoms with van der Waals surface area (Å²) in [4.78, 5) is 0. The van der Waals surface area contributed by atoms with Crippen molar-refractivity contribution < 1.29 is 14.0 Å². The van der Waals surface area contributed by atoms with E-state index in [2.05, 4.69) is 11.8 Å². The lowest BCUT2D eigenvalue weighted by molar-refractivity contribution is 0.370. The second kappa shape index (κ2) is 9.01. The van der Waals surface area contributed by atoms with E-state index in [4.69, 9.17) is 22.3 Å². The third-order valence-corrected chi connectivity index (χ3v) is 7.24. The van der Waals surface area contributed by atoms with Crippen LogP contribution in [0.2, 0.25) is 0 Å². The predicted molar refractivity (Wildman–Crippen MR) is 114 cm³/mol. The molecule has 3 aromatic rings. The second-order valence-corrected chi connectivity index (χ2v) is 8.69. The molecule has 0 aromatic heterocycles. The Bertz CT molecular complexity index is 975. The summed E-state index contributed by atoms with van der Waals surface area (Å²) >= 11 is 0. The van der Waals surface area contributed by atoms with Crippen molar-refractivity contribution in [1.29, 1.82) is 0 Å². The summed E-state index contributed by atoms with van der Waals surface area (Å²) in [6, 6.07) is 23.9. The molecule has 0 aliphatic rings. The van der Waals surface area contributed by atoms with E-state index >= 15 is 0 Å². The Morgan fingerprint density at radius 1 is 0.643 bits per heavy atom. The number of rotatable bonds is 7. The standard InChI is InChI=1S/C24H19O3P/c1-3-18-26-20-10-14-23(15-11-20)28(25,22-8-6-5-7-9-22)24-16-12-21(13-17-24)27-19-4-2/h1-2,5-17H,18-19H2. The van der Waals surface area contributed by atoms with Gasteiger partial charge in [0.15, 0.2) is 7.14 Å². The largest absolute Gasteiger partial charge is 0.481 e. The first kappa shape index (κ1) is 19.4. The molecule has 0 bridgehead atoms. The van der Waals surface area contributed by atoms with E-state index in [9.17, 15) is 4.57 Å². The van der Waals surface area contributed by atoms with Crippen LogP contribution in [0, 0.1) is 24.7 Å². The Morgan fingerprint density at radius 3 is 1.43 bits per heavy atom. The van der Waals surface area contributed by atoms with Gasteiger partial charge in [0.25, 0.3) is 0 Å². The van der Waals surface area contributed by atoms with Crippen LogP contribution in [-0.2, 0) is 4.57 Å². The predicted octanol–water partition coefficient (Wildman–Crippen LogP) is 3.35. The summed E-state index contributed by atoms with van der Waals surface area (Å²) in [5.41, 5.74) is 0. The first-order valence-electron chi connectivity index (χ1n) is 8.68. The minimum atomic E-state index is -3.06. The maximum atomic E-state index is 14.3. The SMILES string of the molecule is C#CCOc1ccc(P(=O)(c2ccccc2)c2ccc(OCC#C)cc2)cc1. The van der Waals surface area contributed by atoms with Gasteiger partial charge in [-0.2, -0.15) is 0 Å². The molecule has 0 aliphatic heterocycles. The minimum absolute atomic E-state index is 0.189. The fourth-order valence-corrected chi connectivity index (χ4v) is 5.46. The summed E-state index contributed by atoms with van der Waals surface area (Å²) < 4.78 is 25.2. The van der Waals surface area contributed by atoms with Crippen LogP contribution in [0.3, 0.4) is 0 Å². The highest BCUT2D eigenvalue weighted by Gasteiger charge is 2.29. The Kier molecular flexibility index (Phi) is 6.23. The molecule has 0 atom stereocenters.